The van der Waals surface area contributed by atoms with Crippen molar-refractivity contribution in [1.82, 2.24) is 18.8 Å². The molecule has 0 spiro atoms. The minimum atomic E-state index is -3.79. The van der Waals surface area contributed by atoms with Crippen LogP contribution in [-0.2, 0) is 17.1 Å². The van der Waals surface area contributed by atoms with Crippen LogP contribution in [0.5, 0.6) is 0 Å². The van der Waals surface area contributed by atoms with E-state index in [1.807, 2.05) is 37.4 Å². The van der Waals surface area contributed by atoms with E-state index in [-0.39, 0.29) is 29.6 Å². The number of hydrogen-bond acceptors (Lipinski definition) is 6. The summed E-state index contributed by atoms with van der Waals surface area (Å²) in [7, 11) is -0.0914. The highest BCUT2D eigenvalue weighted by Gasteiger charge is 2.50. The summed E-state index contributed by atoms with van der Waals surface area (Å²) in [4.78, 5) is 10.3. The molecule has 2 aliphatic heterocycles. The molecule has 1 fully saturated rings. The molecular formula is C24H25N5O3S. The van der Waals surface area contributed by atoms with Gasteiger partial charge in [0.05, 0.1) is 25.0 Å². The molecule has 0 amide bonds. The second-order valence-electron chi connectivity index (χ2n) is 8.52. The molecule has 1 saturated heterocycles. The Hall–Kier alpha value is -3.19. The molecule has 2 aromatic heterocycles. The number of aryl methyl sites for hydroxylation is 1. The maximum atomic E-state index is 13.5. The van der Waals surface area contributed by atoms with Crippen LogP contribution in [0.15, 0.2) is 60.3 Å². The molecule has 0 aliphatic carbocycles. The number of likely N-dealkylation sites (N-methyl/N-ethyl adjacent to an activating group) is 1. The molecule has 8 nitrogen and oxygen atoms in total. The van der Waals surface area contributed by atoms with Crippen LogP contribution in [-0.4, -0.2) is 58.6 Å². The molecule has 9 heteroatoms. The molecule has 0 saturated carbocycles. The van der Waals surface area contributed by atoms with Crippen LogP contribution in [0.1, 0.15) is 29.2 Å². The smallest absolute Gasteiger partial charge is 0.262 e. The van der Waals surface area contributed by atoms with E-state index in [4.69, 9.17) is 0 Å². The number of imidazole rings is 1. The lowest BCUT2D eigenvalue weighted by Crippen LogP contribution is -2.48. The molecule has 1 aromatic carbocycles. The Morgan fingerprint density at radius 1 is 1.18 bits per heavy atom. The first-order chi connectivity index (χ1) is 15.9. The Balaban J connectivity index is 1.59. The van der Waals surface area contributed by atoms with Gasteiger partial charge >= 0.3 is 0 Å². The summed E-state index contributed by atoms with van der Waals surface area (Å²) in [6.07, 6.45) is 7.09. The molecule has 2 aliphatic rings. The van der Waals surface area contributed by atoms with E-state index in [1.54, 1.807) is 28.3 Å². The van der Waals surface area contributed by atoms with Crippen molar-refractivity contribution >= 4 is 15.7 Å². The van der Waals surface area contributed by atoms with Crippen molar-refractivity contribution in [2.45, 2.75) is 23.5 Å². The Labute approximate surface area is 193 Å². The van der Waals surface area contributed by atoms with Gasteiger partial charge in [0.2, 0.25) is 0 Å². The molecule has 0 bridgehead atoms. The van der Waals surface area contributed by atoms with Crippen molar-refractivity contribution in [2.24, 2.45) is 13.0 Å². The maximum absolute atomic E-state index is 13.5. The van der Waals surface area contributed by atoms with Crippen LogP contribution in [0.2, 0.25) is 0 Å². The van der Waals surface area contributed by atoms with Crippen molar-refractivity contribution in [3.05, 3.63) is 71.9 Å². The fourth-order valence-electron chi connectivity index (χ4n) is 4.98. The van der Waals surface area contributed by atoms with E-state index in [1.165, 1.54) is 12.5 Å². The lowest BCUT2D eigenvalue weighted by atomic mass is 9.82. The van der Waals surface area contributed by atoms with Crippen LogP contribution in [0.4, 0.5) is 5.69 Å². The Morgan fingerprint density at radius 2 is 2.00 bits per heavy atom. The summed E-state index contributed by atoms with van der Waals surface area (Å²) >= 11 is 0. The number of aliphatic hydroxyl groups is 1. The Kier molecular flexibility index (Phi) is 5.44. The molecule has 0 unspecified atom stereocenters. The molecule has 0 radical (unpaired) electrons. The number of aromatic nitrogens is 3. The number of hydrogen-bond donors (Lipinski definition) is 1. The van der Waals surface area contributed by atoms with Crippen LogP contribution in [0, 0.1) is 17.8 Å². The van der Waals surface area contributed by atoms with Crippen molar-refractivity contribution < 1.29 is 13.5 Å². The van der Waals surface area contributed by atoms with Crippen LogP contribution in [0.3, 0.4) is 0 Å². The van der Waals surface area contributed by atoms with Crippen molar-refractivity contribution in [1.29, 1.82) is 0 Å². The summed E-state index contributed by atoms with van der Waals surface area (Å²) in [6, 6.07) is 9.05. The van der Waals surface area contributed by atoms with Gasteiger partial charge in [-0.1, -0.05) is 11.8 Å². The van der Waals surface area contributed by atoms with Gasteiger partial charge in [-0.3, -0.25) is 4.98 Å². The van der Waals surface area contributed by atoms with E-state index in [9.17, 15) is 13.5 Å². The number of anilines is 1. The minimum Gasteiger partial charge on any atom is -0.394 e. The molecular weight excluding hydrogens is 438 g/mol. The lowest BCUT2D eigenvalue weighted by molar-refractivity contribution is 0.193. The van der Waals surface area contributed by atoms with E-state index < -0.39 is 10.0 Å². The van der Waals surface area contributed by atoms with Gasteiger partial charge in [-0.15, -0.1) is 0 Å². The van der Waals surface area contributed by atoms with Gasteiger partial charge in [-0.05, 0) is 42.3 Å². The van der Waals surface area contributed by atoms with Gasteiger partial charge < -0.3 is 14.6 Å². The number of benzene rings is 1. The molecule has 33 heavy (non-hydrogen) atoms. The predicted octanol–water partition coefficient (Wildman–Crippen LogP) is 1.78. The average molecular weight is 464 g/mol. The summed E-state index contributed by atoms with van der Waals surface area (Å²) in [5, 5.41) is 10.2. The largest absolute Gasteiger partial charge is 0.394 e. The zero-order valence-corrected chi connectivity index (χ0v) is 19.3. The predicted molar refractivity (Wildman–Crippen MR) is 124 cm³/mol. The van der Waals surface area contributed by atoms with E-state index in [2.05, 4.69) is 26.7 Å². The number of pyridine rings is 1. The van der Waals surface area contributed by atoms with Gasteiger partial charge in [0.1, 0.15) is 0 Å². The van der Waals surface area contributed by atoms with Crippen molar-refractivity contribution in [3.8, 4) is 11.8 Å². The first-order valence-corrected chi connectivity index (χ1v) is 12.2. The fourth-order valence-corrected chi connectivity index (χ4v) is 6.62. The van der Waals surface area contributed by atoms with Gasteiger partial charge in [0, 0.05) is 62.0 Å². The third-order valence-corrected chi connectivity index (χ3v) is 8.34. The Bertz CT molecular complexity index is 1340. The van der Waals surface area contributed by atoms with E-state index in [0.717, 1.165) is 22.4 Å². The second-order valence-corrected chi connectivity index (χ2v) is 10.4. The third-order valence-electron chi connectivity index (χ3n) is 6.57. The van der Waals surface area contributed by atoms with Gasteiger partial charge in [0.25, 0.3) is 10.0 Å². The summed E-state index contributed by atoms with van der Waals surface area (Å²) in [6.45, 7) is 0.334. The highest BCUT2D eigenvalue weighted by molar-refractivity contribution is 7.89. The average Bonchev–Trinajstić information content (AvgIpc) is 3.46. The maximum Gasteiger partial charge on any atom is 0.262 e. The van der Waals surface area contributed by atoms with E-state index >= 15 is 0 Å². The number of nitrogens with zero attached hydrogens (tertiary/aromatic N) is 5. The van der Waals surface area contributed by atoms with Crippen molar-refractivity contribution in [3.63, 3.8) is 0 Å². The minimum absolute atomic E-state index is 0.0347. The second kappa shape index (κ2) is 8.30. The monoisotopic (exact) mass is 463 g/mol. The number of aliphatic hydroxyl groups excluding tert-OH is 1. The molecule has 170 valence electrons. The topological polar surface area (TPSA) is 91.6 Å². The van der Waals surface area contributed by atoms with Crippen LogP contribution < -0.4 is 4.90 Å². The fraction of sp³-hybridized carbons (Fsp3) is 0.333. The SMILES string of the molecule is CN1c2ccc(C#Cc3cccnc3)cc2[C@H]2[C@H](CCN2S(=O)(=O)c2cn(C)cn2)[C@@H]1CO. The van der Waals surface area contributed by atoms with Crippen LogP contribution in [0.25, 0.3) is 0 Å². The molecule has 1 N–H and O–H groups in total. The number of rotatable bonds is 3. The zero-order valence-electron chi connectivity index (χ0n) is 18.5. The van der Waals surface area contributed by atoms with Gasteiger partial charge in [-0.25, -0.2) is 13.4 Å². The van der Waals surface area contributed by atoms with Crippen molar-refractivity contribution in [2.75, 3.05) is 25.1 Å². The van der Waals surface area contributed by atoms with Gasteiger partial charge in [0.15, 0.2) is 5.03 Å². The molecule has 3 atom stereocenters. The van der Waals surface area contributed by atoms with E-state index in [0.29, 0.717) is 13.0 Å². The quantitative estimate of drug-likeness (QED) is 0.596. The molecule has 5 rings (SSSR count). The summed E-state index contributed by atoms with van der Waals surface area (Å²) in [5.41, 5.74) is 3.42. The summed E-state index contributed by atoms with van der Waals surface area (Å²) in [5.74, 6) is 6.26. The summed E-state index contributed by atoms with van der Waals surface area (Å²) < 4.78 is 30.2. The highest BCUT2D eigenvalue weighted by Crippen LogP contribution is 2.50. The first-order valence-electron chi connectivity index (χ1n) is 10.8. The third kappa shape index (κ3) is 3.70. The zero-order chi connectivity index (χ0) is 23.2. The lowest BCUT2D eigenvalue weighted by Gasteiger charge is -2.44. The number of sulfonamides is 1. The standard InChI is InChI=1S/C24H25N5O3S/c1-27-14-23(26-16-27)33(31,32)29-11-9-19-22(15-30)28(2)21-8-7-17(12-20(21)24(19)29)5-6-18-4-3-10-25-13-18/h3-4,7-8,10,12-14,16,19,22,24,30H,9,11,15H2,1-2H3/t19-,22+,24-/m1/s1. The molecule has 3 aromatic rings. The van der Waals surface area contributed by atoms with Crippen LogP contribution >= 0.6 is 0 Å². The highest BCUT2D eigenvalue weighted by atomic mass is 32.2. The normalized spacial score (nSPS) is 22.4. The number of fused-ring (bicyclic) bond motifs is 3. The van der Waals surface area contributed by atoms with Gasteiger partial charge in [-0.2, -0.15) is 4.31 Å². The first kappa shape index (κ1) is 21.6. The molecule has 4 heterocycles. The Morgan fingerprint density at radius 3 is 2.70 bits per heavy atom.